The Hall–Kier alpha value is -1.52. The van der Waals surface area contributed by atoms with Crippen LogP contribution < -0.4 is 9.64 Å². The Labute approximate surface area is 181 Å². The maximum Gasteiger partial charge on any atom is 0.573 e. The fourth-order valence-electron chi connectivity index (χ4n) is 5.27. The predicted octanol–water partition coefficient (Wildman–Crippen LogP) is 3.51. The first-order chi connectivity index (χ1) is 14.5. The quantitative estimate of drug-likeness (QED) is 0.725. The van der Waals surface area contributed by atoms with E-state index in [-0.39, 0.29) is 16.9 Å². The minimum Gasteiger partial charge on any atom is -0.406 e. The van der Waals surface area contributed by atoms with Crippen LogP contribution in [-0.4, -0.2) is 61.7 Å². The number of ether oxygens (including phenoxy) is 1. The molecule has 31 heavy (non-hydrogen) atoms. The number of hydrogen-bond acceptors (Lipinski definition) is 5. The van der Waals surface area contributed by atoms with Crippen molar-refractivity contribution in [3.63, 3.8) is 0 Å². The molecular weight excluding hydrogens is 433 g/mol. The van der Waals surface area contributed by atoms with Gasteiger partial charge in [-0.05, 0) is 61.8 Å². The van der Waals surface area contributed by atoms with Crippen LogP contribution in [-0.2, 0) is 10.0 Å². The van der Waals surface area contributed by atoms with Gasteiger partial charge in [0.2, 0.25) is 10.0 Å². The maximum absolute atomic E-state index is 12.8. The molecule has 1 N–H and O–H groups in total. The van der Waals surface area contributed by atoms with Gasteiger partial charge in [-0.25, -0.2) is 12.7 Å². The smallest absolute Gasteiger partial charge is 0.406 e. The SMILES string of the molecule is O=S(=O)(CC1(O)CCCC1)N1CCC2(CCN(c3ccc(OC(F)(F)F)cc3)C2)CC1. The summed E-state index contributed by atoms with van der Waals surface area (Å²) >= 11 is 0. The minimum absolute atomic E-state index is 0.0113. The summed E-state index contributed by atoms with van der Waals surface area (Å²) in [7, 11) is -3.49. The molecule has 4 rings (SSSR count). The van der Waals surface area contributed by atoms with Gasteiger partial charge in [-0.15, -0.1) is 13.2 Å². The Kier molecular flexibility index (Phi) is 5.93. The molecule has 10 heteroatoms. The van der Waals surface area contributed by atoms with Crippen LogP contribution in [0.1, 0.15) is 44.9 Å². The minimum atomic E-state index is -4.71. The van der Waals surface area contributed by atoms with Gasteiger partial charge in [0.15, 0.2) is 0 Å². The number of sulfonamides is 1. The van der Waals surface area contributed by atoms with Gasteiger partial charge in [0.1, 0.15) is 5.75 Å². The van der Waals surface area contributed by atoms with Crippen molar-refractivity contribution < 1.29 is 31.4 Å². The Balaban J connectivity index is 1.33. The van der Waals surface area contributed by atoms with Crippen molar-refractivity contribution in [2.45, 2.75) is 56.9 Å². The lowest BCUT2D eigenvalue weighted by atomic mass is 9.78. The first-order valence-electron chi connectivity index (χ1n) is 10.8. The van der Waals surface area contributed by atoms with Crippen LogP contribution >= 0.6 is 0 Å². The normalized spacial score (nSPS) is 24.1. The van der Waals surface area contributed by atoms with E-state index in [2.05, 4.69) is 9.64 Å². The number of anilines is 1. The highest BCUT2D eigenvalue weighted by molar-refractivity contribution is 7.89. The molecule has 2 saturated heterocycles. The fraction of sp³-hybridized carbons (Fsp3) is 0.714. The molecule has 2 aliphatic heterocycles. The number of rotatable bonds is 5. The first-order valence-corrected chi connectivity index (χ1v) is 12.4. The van der Waals surface area contributed by atoms with Crippen molar-refractivity contribution in [2.24, 2.45) is 5.41 Å². The second-order valence-electron chi connectivity index (χ2n) is 9.30. The van der Waals surface area contributed by atoms with Crippen LogP contribution in [0.5, 0.6) is 5.75 Å². The molecule has 0 bridgehead atoms. The van der Waals surface area contributed by atoms with Gasteiger partial charge in [0.25, 0.3) is 0 Å². The van der Waals surface area contributed by atoms with Crippen molar-refractivity contribution in [2.75, 3.05) is 36.8 Å². The van der Waals surface area contributed by atoms with Crippen molar-refractivity contribution in [3.8, 4) is 5.75 Å². The van der Waals surface area contributed by atoms with E-state index >= 15 is 0 Å². The molecule has 0 radical (unpaired) electrons. The second kappa shape index (κ2) is 8.12. The summed E-state index contributed by atoms with van der Waals surface area (Å²) in [6, 6.07) is 5.89. The Morgan fingerprint density at radius 2 is 1.55 bits per heavy atom. The molecule has 0 amide bonds. The number of piperidine rings is 1. The van der Waals surface area contributed by atoms with E-state index in [1.807, 2.05) is 0 Å². The zero-order valence-electron chi connectivity index (χ0n) is 17.4. The average molecular weight is 463 g/mol. The molecule has 1 aromatic rings. The number of aliphatic hydroxyl groups is 1. The molecule has 1 spiro atoms. The van der Waals surface area contributed by atoms with Gasteiger partial charge in [-0.2, -0.15) is 0 Å². The van der Waals surface area contributed by atoms with Gasteiger partial charge in [0, 0.05) is 31.9 Å². The van der Waals surface area contributed by atoms with Gasteiger partial charge < -0.3 is 14.7 Å². The molecule has 0 unspecified atom stereocenters. The molecule has 1 aromatic carbocycles. The van der Waals surface area contributed by atoms with E-state index in [1.54, 1.807) is 12.1 Å². The third-order valence-corrected chi connectivity index (χ3v) is 9.09. The lowest BCUT2D eigenvalue weighted by Gasteiger charge is -2.39. The van der Waals surface area contributed by atoms with Crippen molar-refractivity contribution in [1.29, 1.82) is 0 Å². The summed E-state index contributed by atoms with van der Waals surface area (Å²) in [6.07, 6.45) is 0.541. The Morgan fingerprint density at radius 1 is 0.968 bits per heavy atom. The van der Waals surface area contributed by atoms with Crippen molar-refractivity contribution in [1.82, 2.24) is 4.31 Å². The molecule has 0 atom stereocenters. The van der Waals surface area contributed by atoms with Crippen LogP contribution in [0.4, 0.5) is 18.9 Å². The van der Waals surface area contributed by atoms with Crippen LogP contribution in [0, 0.1) is 5.41 Å². The lowest BCUT2D eigenvalue weighted by molar-refractivity contribution is -0.274. The molecule has 1 saturated carbocycles. The van der Waals surface area contributed by atoms with Gasteiger partial charge >= 0.3 is 6.36 Å². The zero-order valence-corrected chi connectivity index (χ0v) is 18.2. The van der Waals surface area contributed by atoms with E-state index in [9.17, 15) is 26.7 Å². The zero-order chi connectivity index (χ0) is 22.3. The summed E-state index contributed by atoms with van der Waals surface area (Å²) in [5.41, 5.74) is -0.234. The molecule has 6 nitrogen and oxygen atoms in total. The fourth-order valence-corrected chi connectivity index (χ4v) is 7.16. The van der Waals surface area contributed by atoms with E-state index in [0.29, 0.717) is 25.9 Å². The average Bonchev–Trinajstić information content (AvgIpc) is 3.28. The maximum atomic E-state index is 12.8. The molecule has 2 heterocycles. The Morgan fingerprint density at radius 3 is 2.13 bits per heavy atom. The van der Waals surface area contributed by atoms with Crippen LogP contribution in [0.3, 0.4) is 0 Å². The highest BCUT2D eigenvalue weighted by Crippen LogP contribution is 2.43. The largest absolute Gasteiger partial charge is 0.573 e. The van der Waals surface area contributed by atoms with Gasteiger partial charge in [-0.3, -0.25) is 0 Å². The second-order valence-corrected chi connectivity index (χ2v) is 11.3. The highest BCUT2D eigenvalue weighted by Gasteiger charge is 2.45. The number of halogens is 3. The number of alkyl halides is 3. The van der Waals surface area contributed by atoms with Crippen molar-refractivity contribution >= 4 is 15.7 Å². The summed E-state index contributed by atoms with van der Waals surface area (Å²) < 4.78 is 68.1. The summed E-state index contributed by atoms with van der Waals surface area (Å²) in [6.45, 7) is 2.44. The lowest BCUT2D eigenvalue weighted by Crippen LogP contribution is -2.48. The monoisotopic (exact) mass is 462 g/mol. The number of nitrogens with zero attached hydrogens (tertiary/aromatic N) is 2. The molecule has 3 fully saturated rings. The van der Waals surface area contributed by atoms with Gasteiger partial charge in [-0.1, -0.05) is 12.8 Å². The van der Waals surface area contributed by atoms with Crippen LogP contribution in [0.25, 0.3) is 0 Å². The van der Waals surface area contributed by atoms with Crippen LogP contribution in [0.2, 0.25) is 0 Å². The first kappa shape index (κ1) is 22.7. The molecule has 3 aliphatic rings. The standard InChI is InChI=1S/C21H29F3N2O4S/c22-21(23,24)30-18-5-3-17(4-6-18)25-12-9-19(15-25)10-13-26(14-11-19)31(28,29)16-20(27)7-1-2-8-20/h3-6,27H,1-2,7-16H2. The number of hydrogen-bond donors (Lipinski definition) is 1. The summed E-state index contributed by atoms with van der Waals surface area (Å²) in [5.74, 6) is -0.432. The molecule has 174 valence electrons. The Bertz CT molecular complexity index is 875. The third-order valence-electron chi connectivity index (χ3n) is 7.04. The summed E-state index contributed by atoms with van der Waals surface area (Å²) in [4.78, 5) is 2.14. The topological polar surface area (TPSA) is 70.1 Å². The van der Waals surface area contributed by atoms with Crippen molar-refractivity contribution in [3.05, 3.63) is 24.3 Å². The van der Waals surface area contributed by atoms with E-state index in [4.69, 9.17) is 0 Å². The molecule has 1 aliphatic carbocycles. The number of benzene rings is 1. The molecular formula is C21H29F3N2O4S. The van der Waals surface area contributed by atoms with Crippen LogP contribution in [0.15, 0.2) is 24.3 Å². The highest BCUT2D eigenvalue weighted by atomic mass is 32.2. The third kappa shape index (κ3) is 5.28. The summed E-state index contributed by atoms with van der Waals surface area (Å²) in [5, 5.41) is 10.5. The predicted molar refractivity (Wildman–Crippen MR) is 110 cm³/mol. The van der Waals surface area contributed by atoms with Gasteiger partial charge in [0.05, 0.1) is 11.4 Å². The van der Waals surface area contributed by atoms with E-state index in [0.717, 1.165) is 50.9 Å². The van der Waals surface area contributed by atoms with E-state index in [1.165, 1.54) is 16.4 Å². The van der Waals surface area contributed by atoms with E-state index < -0.39 is 22.0 Å². The molecule has 0 aromatic heterocycles.